The second-order valence-electron chi connectivity index (χ2n) is 4.46. The Morgan fingerprint density at radius 2 is 2.07 bits per heavy atom. The lowest BCUT2D eigenvalue weighted by Crippen LogP contribution is -2.17. The van der Waals surface area contributed by atoms with Gasteiger partial charge >= 0.3 is 0 Å². The number of carbonyl (C=O) groups excluding carboxylic acids is 1. The van der Waals surface area contributed by atoms with Crippen LogP contribution >= 0.6 is 0 Å². The molecule has 1 saturated carbocycles. The third kappa shape index (κ3) is 2.37. The van der Waals surface area contributed by atoms with Gasteiger partial charge in [-0.15, -0.1) is 0 Å². The highest BCUT2D eigenvalue weighted by molar-refractivity contribution is 5.79. The zero-order valence-corrected chi connectivity index (χ0v) is 8.74. The molecular formula is C12H19NO. The predicted octanol–water partition coefficient (Wildman–Crippen LogP) is 2.70. The van der Waals surface area contributed by atoms with Crippen molar-refractivity contribution in [2.24, 2.45) is 5.92 Å². The molecule has 0 radical (unpaired) electrons. The van der Waals surface area contributed by atoms with E-state index in [0.717, 1.165) is 25.3 Å². The molecule has 0 unspecified atom stereocenters. The normalized spacial score (nSPS) is 24.3. The minimum atomic E-state index is 0.299. The molecule has 2 heteroatoms. The SMILES string of the molecule is O=C1CCCN1C=CCC1CCCC1. The number of likely N-dealkylation sites (tertiary alicyclic amines) is 1. The van der Waals surface area contributed by atoms with Crippen molar-refractivity contribution in [2.75, 3.05) is 6.54 Å². The van der Waals surface area contributed by atoms with Crippen molar-refractivity contribution in [2.45, 2.75) is 44.9 Å². The molecule has 0 aromatic rings. The molecule has 2 nitrogen and oxygen atoms in total. The molecule has 0 bridgehead atoms. The number of allylic oxidation sites excluding steroid dienone is 1. The third-order valence-corrected chi connectivity index (χ3v) is 3.34. The van der Waals surface area contributed by atoms with Gasteiger partial charge in [0.25, 0.3) is 0 Å². The monoisotopic (exact) mass is 193 g/mol. The molecule has 1 aliphatic heterocycles. The highest BCUT2D eigenvalue weighted by Crippen LogP contribution is 2.27. The summed E-state index contributed by atoms with van der Waals surface area (Å²) in [6.07, 6.45) is 12.7. The van der Waals surface area contributed by atoms with Gasteiger partial charge in [-0.05, 0) is 18.8 Å². The van der Waals surface area contributed by atoms with Crippen molar-refractivity contribution in [1.82, 2.24) is 4.90 Å². The van der Waals surface area contributed by atoms with Crippen molar-refractivity contribution in [3.63, 3.8) is 0 Å². The molecule has 78 valence electrons. The summed E-state index contributed by atoms with van der Waals surface area (Å²) in [6.45, 7) is 0.931. The minimum absolute atomic E-state index is 0.299. The summed E-state index contributed by atoms with van der Waals surface area (Å²) >= 11 is 0. The Kier molecular flexibility index (Phi) is 3.22. The minimum Gasteiger partial charge on any atom is -0.319 e. The maximum atomic E-state index is 11.3. The van der Waals surface area contributed by atoms with Crippen LogP contribution in [0.2, 0.25) is 0 Å². The van der Waals surface area contributed by atoms with Gasteiger partial charge in [-0.25, -0.2) is 0 Å². The second-order valence-corrected chi connectivity index (χ2v) is 4.46. The van der Waals surface area contributed by atoms with Crippen LogP contribution in [0.5, 0.6) is 0 Å². The topological polar surface area (TPSA) is 20.3 Å². The van der Waals surface area contributed by atoms with Crippen molar-refractivity contribution >= 4 is 5.91 Å². The number of hydrogen-bond acceptors (Lipinski definition) is 1. The van der Waals surface area contributed by atoms with Crippen molar-refractivity contribution in [3.05, 3.63) is 12.3 Å². The average molecular weight is 193 g/mol. The van der Waals surface area contributed by atoms with Gasteiger partial charge in [0.1, 0.15) is 0 Å². The van der Waals surface area contributed by atoms with Crippen molar-refractivity contribution in [1.29, 1.82) is 0 Å². The number of amides is 1. The van der Waals surface area contributed by atoms with E-state index in [1.165, 1.54) is 32.1 Å². The lowest BCUT2D eigenvalue weighted by molar-refractivity contribution is -0.125. The first-order valence-corrected chi connectivity index (χ1v) is 5.82. The third-order valence-electron chi connectivity index (χ3n) is 3.34. The quantitative estimate of drug-likeness (QED) is 0.675. The molecule has 0 atom stereocenters. The van der Waals surface area contributed by atoms with E-state index in [2.05, 4.69) is 6.08 Å². The zero-order chi connectivity index (χ0) is 9.80. The van der Waals surface area contributed by atoms with Gasteiger partial charge in [0, 0.05) is 19.2 Å². The smallest absolute Gasteiger partial charge is 0.226 e. The number of hydrogen-bond donors (Lipinski definition) is 0. The summed E-state index contributed by atoms with van der Waals surface area (Å²) in [6, 6.07) is 0. The molecule has 1 amide bonds. The Bertz CT molecular complexity index is 228. The number of carbonyl (C=O) groups is 1. The summed E-state index contributed by atoms with van der Waals surface area (Å²) in [7, 11) is 0. The maximum Gasteiger partial charge on any atom is 0.226 e. The van der Waals surface area contributed by atoms with Crippen LogP contribution < -0.4 is 0 Å². The highest BCUT2D eigenvalue weighted by Gasteiger charge is 2.17. The molecule has 0 aromatic carbocycles. The second kappa shape index (κ2) is 4.63. The van der Waals surface area contributed by atoms with Gasteiger partial charge in [-0.2, -0.15) is 0 Å². The standard InChI is InChI=1S/C12H19NO/c14-12-8-4-10-13(12)9-3-7-11-5-1-2-6-11/h3,9,11H,1-2,4-8,10H2. The van der Waals surface area contributed by atoms with Gasteiger partial charge < -0.3 is 4.90 Å². The average Bonchev–Trinajstić information content (AvgIpc) is 2.78. The summed E-state index contributed by atoms with van der Waals surface area (Å²) < 4.78 is 0. The lowest BCUT2D eigenvalue weighted by atomic mass is 10.0. The fraction of sp³-hybridized carbons (Fsp3) is 0.750. The Balaban J connectivity index is 1.73. The zero-order valence-electron chi connectivity index (χ0n) is 8.74. The van der Waals surface area contributed by atoms with E-state index in [1.807, 2.05) is 11.1 Å². The first-order chi connectivity index (χ1) is 6.86. The van der Waals surface area contributed by atoms with Crippen LogP contribution in [0, 0.1) is 5.92 Å². The molecule has 1 aliphatic carbocycles. The van der Waals surface area contributed by atoms with E-state index in [4.69, 9.17) is 0 Å². The van der Waals surface area contributed by atoms with E-state index < -0.39 is 0 Å². The van der Waals surface area contributed by atoms with Gasteiger partial charge in [-0.3, -0.25) is 4.79 Å². The Morgan fingerprint density at radius 1 is 1.29 bits per heavy atom. The van der Waals surface area contributed by atoms with Crippen LogP contribution in [0.3, 0.4) is 0 Å². The van der Waals surface area contributed by atoms with Crippen LogP contribution in [0.1, 0.15) is 44.9 Å². The van der Waals surface area contributed by atoms with Crippen molar-refractivity contribution < 1.29 is 4.79 Å². The predicted molar refractivity (Wildman–Crippen MR) is 56.7 cm³/mol. The Morgan fingerprint density at radius 3 is 2.71 bits per heavy atom. The van der Waals surface area contributed by atoms with Gasteiger partial charge in [0.2, 0.25) is 5.91 Å². The highest BCUT2D eigenvalue weighted by atomic mass is 16.2. The summed E-state index contributed by atoms with van der Waals surface area (Å²) in [5.74, 6) is 1.19. The van der Waals surface area contributed by atoms with E-state index in [1.54, 1.807) is 0 Å². The molecular weight excluding hydrogens is 174 g/mol. The van der Waals surface area contributed by atoms with E-state index >= 15 is 0 Å². The summed E-state index contributed by atoms with van der Waals surface area (Å²) in [4.78, 5) is 13.1. The lowest BCUT2D eigenvalue weighted by Gasteiger charge is -2.09. The molecule has 0 aromatic heterocycles. The van der Waals surface area contributed by atoms with Crippen LogP contribution in [-0.4, -0.2) is 17.4 Å². The fourth-order valence-electron chi connectivity index (χ4n) is 2.45. The van der Waals surface area contributed by atoms with Gasteiger partial charge in [0.15, 0.2) is 0 Å². The van der Waals surface area contributed by atoms with E-state index in [9.17, 15) is 4.79 Å². The molecule has 0 spiro atoms. The summed E-state index contributed by atoms with van der Waals surface area (Å²) in [5, 5.41) is 0. The molecule has 14 heavy (non-hydrogen) atoms. The molecule has 1 saturated heterocycles. The molecule has 2 fully saturated rings. The van der Waals surface area contributed by atoms with Crippen LogP contribution in [-0.2, 0) is 4.79 Å². The maximum absolute atomic E-state index is 11.3. The molecule has 0 N–H and O–H groups in total. The fourth-order valence-corrected chi connectivity index (χ4v) is 2.45. The van der Waals surface area contributed by atoms with E-state index in [0.29, 0.717) is 5.91 Å². The summed E-state index contributed by atoms with van der Waals surface area (Å²) in [5.41, 5.74) is 0. The molecule has 1 heterocycles. The van der Waals surface area contributed by atoms with Crippen molar-refractivity contribution in [3.8, 4) is 0 Å². The number of nitrogens with zero attached hydrogens (tertiary/aromatic N) is 1. The largest absolute Gasteiger partial charge is 0.319 e. The van der Waals surface area contributed by atoms with Gasteiger partial charge in [0.05, 0.1) is 0 Å². The first-order valence-electron chi connectivity index (χ1n) is 5.82. The van der Waals surface area contributed by atoms with Crippen LogP contribution in [0.25, 0.3) is 0 Å². The van der Waals surface area contributed by atoms with E-state index in [-0.39, 0.29) is 0 Å². The molecule has 2 rings (SSSR count). The van der Waals surface area contributed by atoms with Crippen LogP contribution in [0.4, 0.5) is 0 Å². The Labute approximate surface area is 86.0 Å². The molecule has 2 aliphatic rings. The first kappa shape index (κ1) is 9.75. The Hall–Kier alpha value is -0.790. The van der Waals surface area contributed by atoms with Gasteiger partial charge in [-0.1, -0.05) is 31.8 Å². The van der Waals surface area contributed by atoms with Crippen LogP contribution in [0.15, 0.2) is 12.3 Å². The number of rotatable bonds is 3.